The third-order valence-electron chi connectivity index (χ3n) is 4.30. The minimum absolute atomic E-state index is 0.167. The molecule has 0 aliphatic rings. The maximum Gasteiger partial charge on any atom is 0.259 e. The number of hydrogen-bond donors (Lipinski definition) is 1. The van der Waals surface area contributed by atoms with Crippen LogP contribution in [0.3, 0.4) is 0 Å². The Balaban J connectivity index is 1.82. The Morgan fingerprint density at radius 1 is 1.07 bits per heavy atom. The summed E-state index contributed by atoms with van der Waals surface area (Å²) in [7, 11) is 1.69. The second kappa shape index (κ2) is 6.85. The van der Waals surface area contributed by atoms with Crippen LogP contribution in [0.25, 0.3) is 22.2 Å². The fourth-order valence-corrected chi connectivity index (χ4v) is 3.20. The molecule has 0 fully saturated rings. The van der Waals surface area contributed by atoms with E-state index in [0.717, 1.165) is 16.6 Å². The van der Waals surface area contributed by atoms with Crippen molar-refractivity contribution in [1.82, 2.24) is 14.5 Å². The summed E-state index contributed by atoms with van der Waals surface area (Å²) in [4.78, 5) is 21.7. The van der Waals surface area contributed by atoms with Gasteiger partial charge in [0, 0.05) is 40.5 Å². The van der Waals surface area contributed by atoms with Gasteiger partial charge in [-0.25, -0.2) is 4.98 Å². The zero-order valence-corrected chi connectivity index (χ0v) is 15.4. The van der Waals surface area contributed by atoms with Crippen LogP contribution in [-0.2, 0) is 7.05 Å². The molecule has 1 N–H and O–H groups in total. The van der Waals surface area contributed by atoms with Crippen LogP contribution < -0.4 is 10.9 Å². The van der Waals surface area contributed by atoms with E-state index in [-0.39, 0.29) is 5.56 Å². The van der Waals surface area contributed by atoms with Crippen molar-refractivity contribution in [1.29, 1.82) is 0 Å². The van der Waals surface area contributed by atoms with Gasteiger partial charge in [-0.05, 0) is 36.8 Å². The van der Waals surface area contributed by atoms with Gasteiger partial charge in [-0.3, -0.25) is 9.36 Å². The molecule has 4 aromatic rings. The molecule has 2 aromatic carbocycles. The van der Waals surface area contributed by atoms with Gasteiger partial charge >= 0.3 is 0 Å². The molecule has 0 saturated carbocycles. The summed E-state index contributed by atoms with van der Waals surface area (Å²) in [5.41, 5.74) is 3.30. The van der Waals surface area contributed by atoms with Crippen molar-refractivity contribution in [3.63, 3.8) is 0 Å². The lowest BCUT2D eigenvalue weighted by Crippen LogP contribution is -2.20. The standard InChI is InChI=1S/C21H16ClN4O/c1-13-6-5-7-15(10-13)24-21-23-12-14-11-17(16-8-3-4-9-18(16)22)20(27)26(2)19(14)25-21/h3-12H,1H2,2H3,(H,23,24,25). The fraction of sp³-hybridized carbons (Fsp3) is 0.0476. The number of nitrogens with one attached hydrogen (secondary N) is 1. The number of fused-ring (bicyclic) bond motifs is 1. The van der Waals surface area contributed by atoms with Crippen LogP contribution in [0.15, 0.2) is 65.6 Å². The van der Waals surface area contributed by atoms with Gasteiger partial charge in [0.2, 0.25) is 5.95 Å². The molecule has 2 aromatic heterocycles. The molecular formula is C21H16ClN4O. The molecule has 6 heteroatoms. The first-order valence-corrected chi connectivity index (χ1v) is 8.71. The molecular weight excluding hydrogens is 360 g/mol. The summed E-state index contributed by atoms with van der Waals surface area (Å²) >= 11 is 6.27. The van der Waals surface area contributed by atoms with Crippen LogP contribution in [0.1, 0.15) is 5.56 Å². The molecule has 4 rings (SSSR count). The monoisotopic (exact) mass is 375 g/mol. The number of halogens is 1. The molecule has 133 valence electrons. The van der Waals surface area contributed by atoms with Gasteiger partial charge in [0.1, 0.15) is 5.65 Å². The van der Waals surface area contributed by atoms with E-state index in [1.54, 1.807) is 25.4 Å². The molecule has 5 nitrogen and oxygen atoms in total. The predicted molar refractivity (Wildman–Crippen MR) is 109 cm³/mol. The van der Waals surface area contributed by atoms with E-state index in [2.05, 4.69) is 22.2 Å². The number of aromatic nitrogens is 3. The highest BCUT2D eigenvalue weighted by Gasteiger charge is 2.13. The molecule has 0 spiro atoms. The normalized spacial score (nSPS) is 10.9. The fourth-order valence-electron chi connectivity index (χ4n) is 2.96. The van der Waals surface area contributed by atoms with E-state index in [0.29, 0.717) is 27.7 Å². The van der Waals surface area contributed by atoms with Gasteiger partial charge in [-0.15, -0.1) is 0 Å². The lowest BCUT2D eigenvalue weighted by Gasteiger charge is -2.11. The number of hydrogen-bond acceptors (Lipinski definition) is 4. The average Bonchev–Trinajstić information content (AvgIpc) is 2.66. The molecule has 0 saturated heterocycles. The molecule has 27 heavy (non-hydrogen) atoms. The highest BCUT2D eigenvalue weighted by Crippen LogP contribution is 2.27. The quantitative estimate of drug-likeness (QED) is 0.569. The van der Waals surface area contributed by atoms with Crippen LogP contribution in [0.5, 0.6) is 0 Å². The first kappa shape index (κ1) is 17.2. The van der Waals surface area contributed by atoms with Crippen LogP contribution in [0.4, 0.5) is 11.6 Å². The molecule has 0 atom stereocenters. The molecule has 0 bridgehead atoms. The topological polar surface area (TPSA) is 59.8 Å². The Labute approximate surface area is 161 Å². The van der Waals surface area contributed by atoms with Gasteiger partial charge in [0.05, 0.1) is 0 Å². The number of rotatable bonds is 3. The van der Waals surface area contributed by atoms with Crippen LogP contribution >= 0.6 is 11.6 Å². The minimum atomic E-state index is -0.167. The van der Waals surface area contributed by atoms with Gasteiger partial charge in [-0.1, -0.05) is 41.9 Å². The second-order valence-electron chi connectivity index (χ2n) is 6.20. The van der Waals surface area contributed by atoms with E-state index in [1.165, 1.54) is 4.57 Å². The first-order chi connectivity index (χ1) is 13.0. The van der Waals surface area contributed by atoms with Crippen molar-refractivity contribution in [3.05, 3.63) is 88.7 Å². The van der Waals surface area contributed by atoms with E-state index in [9.17, 15) is 4.79 Å². The zero-order valence-electron chi connectivity index (χ0n) is 14.6. The molecule has 0 amide bonds. The van der Waals surface area contributed by atoms with E-state index >= 15 is 0 Å². The maximum absolute atomic E-state index is 12.9. The lowest BCUT2D eigenvalue weighted by atomic mass is 10.1. The van der Waals surface area contributed by atoms with Crippen LogP contribution in [0.2, 0.25) is 5.02 Å². The Bertz CT molecular complexity index is 1220. The number of aryl methyl sites for hydroxylation is 1. The van der Waals surface area contributed by atoms with E-state index in [1.807, 2.05) is 42.5 Å². The van der Waals surface area contributed by atoms with Gasteiger partial charge < -0.3 is 5.32 Å². The Morgan fingerprint density at radius 2 is 1.89 bits per heavy atom. The highest BCUT2D eigenvalue weighted by atomic mass is 35.5. The summed E-state index contributed by atoms with van der Waals surface area (Å²) in [6.45, 7) is 3.91. The summed E-state index contributed by atoms with van der Waals surface area (Å²) in [5, 5.41) is 4.42. The summed E-state index contributed by atoms with van der Waals surface area (Å²) in [6.07, 6.45) is 1.69. The van der Waals surface area contributed by atoms with Gasteiger partial charge in [0.15, 0.2) is 0 Å². The third kappa shape index (κ3) is 3.29. The first-order valence-electron chi connectivity index (χ1n) is 8.33. The van der Waals surface area contributed by atoms with Crippen molar-refractivity contribution in [2.45, 2.75) is 0 Å². The van der Waals surface area contributed by atoms with E-state index < -0.39 is 0 Å². The SMILES string of the molecule is [CH2]c1cccc(Nc2ncc3cc(-c4ccccc4Cl)c(=O)n(C)c3n2)c1. The van der Waals surface area contributed by atoms with Crippen molar-refractivity contribution in [2.75, 3.05) is 5.32 Å². The lowest BCUT2D eigenvalue weighted by molar-refractivity contribution is 0.887. The molecule has 0 aliphatic heterocycles. The summed E-state index contributed by atoms with van der Waals surface area (Å²) < 4.78 is 1.51. The van der Waals surface area contributed by atoms with Crippen LogP contribution in [0, 0.1) is 6.92 Å². The largest absolute Gasteiger partial charge is 0.324 e. The Hall–Kier alpha value is -3.18. The number of anilines is 2. The number of nitrogens with zero attached hydrogens (tertiary/aromatic N) is 3. The van der Waals surface area contributed by atoms with Crippen molar-refractivity contribution < 1.29 is 0 Å². The molecule has 2 heterocycles. The average molecular weight is 376 g/mol. The van der Waals surface area contributed by atoms with Crippen molar-refractivity contribution in [2.24, 2.45) is 7.05 Å². The number of benzene rings is 2. The van der Waals surface area contributed by atoms with Crippen molar-refractivity contribution >= 4 is 34.3 Å². The maximum atomic E-state index is 12.9. The molecule has 0 aliphatic carbocycles. The smallest absolute Gasteiger partial charge is 0.259 e. The second-order valence-corrected chi connectivity index (χ2v) is 6.61. The predicted octanol–water partition coefficient (Wildman–Crippen LogP) is 4.57. The summed E-state index contributed by atoms with van der Waals surface area (Å²) in [6, 6.07) is 16.7. The van der Waals surface area contributed by atoms with Crippen LogP contribution in [-0.4, -0.2) is 14.5 Å². The molecule has 0 unspecified atom stereocenters. The third-order valence-corrected chi connectivity index (χ3v) is 4.63. The van der Waals surface area contributed by atoms with Crippen molar-refractivity contribution in [3.8, 4) is 11.1 Å². The summed E-state index contributed by atoms with van der Waals surface area (Å²) in [5.74, 6) is 0.411. The zero-order chi connectivity index (χ0) is 19.0. The van der Waals surface area contributed by atoms with Gasteiger partial charge in [0.25, 0.3) is 5.56 Å². The Morgan fingerprint density at radius 3 is 2.67 bits per heavy atom. The van der Waals surface area contributed by atoms with Gasteiger partial charge in [-0.2, -0.15) is 4.98 Å². The number of pyridine rings is 1. The minimum Gasteiger partial charge on any atom is -0.324 e. The highest BCUT2D eigenvalue weighted by molar-refractivity contribution is 6.33. The molecule has 1 radical (unpaired) electrons. The Kier molecular flexibility index (Phi) is 4.38. The van der Waals surface area contributed by atoms with E-state index in [4.69, 9.17) is 11.6 Å².